The third-order valence-corrected chi connectivity index (χ3v) is 3.76. The molecule has 10 heteroatoms. The molecule has 24 heavy (non-hydrogen) atoms. The predicted molar refractivity (Wildman–Crippen MR) is 80.9 cm³/mol. The lowest BCUT2D eigenvalue weighted by atomic mass is 10.3. The highest BCUT2D eigenvalue weighted by atomic mass is 19.3. The molecule has 0 spiro atoms. The van der Waals surface area contributed by atoms with Gasteiger partial charge in [-0.1, -0.05) is 0 Å². The Hall–Kier alpha value is -2.65. The molecule has 1 aliphatic heterocycles. The Labute approximate surface area is 135 Å². The number of alkyl halides is 2. The molecule has 128 valence electrons. The van der Waals surface area contributed by atoms with Crippen LogP contribution in [0.25, 0.3) is 0 Å². The maximum Gasteiger partial charge on any atom is 0.269 e. The van der Waals surface area contributed by atoms with E-state index in [1.54, 1.807) is 4.90 Å². The first-order chi connectivity index (χ1) is 11.5. The molecule has 0 aromatic carbocycles. The molecule has 0 radical (unpaired) electrons. The Kier molecular flexibility index (Phi) is 4.63. The van der Waals surface area contributed by atoms with E-state index in [2.05, 4.69) is 15.1 Å². The van der Waals surface area contributed by atoms with E-state index in [1.807, 2.05) is 4.90 Å². The highest BCUT2D eigenvalue weighted by molar-refractivity contribution is 5.47. The average Bonchev–Trinajstić information content (AvgIpc) is 2.57. The summed E-state index contributed by atoms with van der Waals surface area (Å²) in [4.78, 5) is 23.1. The molecule has 1 fully saturated rings. The molecular weight excluding hydrogens is 325 g/mol. The third-order valence-electron chi connectivity index (χ3n) is 3.76. The number of rotatable bonds is 4. The van der Waals surface area contributed by atoms with Gasteiger partial charge in [0.2, 0.25) is 0 Å². The van der Waals surface area contributed by atoms with Crippen LogP contribution < -0.4 is 15.4 Å². The van der Waals surface area contributed by atoms with Crippen molar-refractivity contribution in [1.29, 1.82) is 0 Å². The van der Waals surface area contributed by atoms with Crippen molar-refractivity contribution in [3.63, 3.8) is 0 Å². The number of aromatic nitrogens is 4. The maximum atomic E-state index is 13.7. The number of hydrogen-bond donors (Lipinski definition) is 0. The van der Waals surface area contributed by atoms with Gasteiger partial charge in [-0.05, 0) is 0 Å². The van der Waals surface area contributed by atoms with Crippen molar-refractivity contribution in [2.24, 2.45) is 0 Å². The van der Waals surface area contributed by atoms with E-state index in [1.165, 1.54) is 18.6 Å². The molecule has 2 aromatic rings. The summed E-state index contributed by atoms with van der Waals surface area (Å²) in [5, 5.41) is 3.77. The lowest BCUT2D eigenvalue weighted by Crippen LogP contribution is -2.47. The highest BCUT2D eigenvalue weighted by Gasteiger charge is 2.21. The molecule has 0 aliphatic carbocycles. The first kappa shape index (κ1) is 16.2. The first-order valence-corrected chi connectivity index (χ1v) is 7.35. The molecule has 0 bridgehead atoms. The van der Waals surface area contributed by atoms with E-state index in [0.29, 0.717) is 31.9 Å². The molecule has 1 saturated heterocycles. The zero-order valence-corrected chi connectivity index (χ0v) is 12.6. The van der Waals surface area contributed by atoms with E-state index in [9.17, 15) is 18.0 Å². The van der Waals surface area contributed by atoms with Gasteiger partial charge in [-0.15, -0.1) is 0 Å². The van der Waals surface area contributed by atoms with Crippen molar-refractivity contribution in [3.8, 4) is 0 Å². The van der Waals surface area contributed by atoms with Crippen LogP contribution in [0.1, 0.15) is 0 Å². The van der Waals surface area contributed by atoms with Gasteiger partial charge in [0.1, 0.15) is 12.9 Å². The molecular formula is C14H15F3N6O. The van der Waals surface area contributed by atoms with Crippen molar-refractivity contribution in [1.82, 2.24) is 19.7 Å². The first-order valence-electron chi connectivity index (χ1n) is 7.35. The molecule has 0 N–H and O–H groups in total. The Morgan fingerprint density at radius 2 is 1.83 bits per heavy atom. The van der Waals surface area contributed by atoms with Gasteiger partial charge in [0, 0.05) is 32.2 Å². The van der Waals surface area contributed by atoms with E-state index < -0.39 is 24.3 Å². The summed E-state index contributed by atoms with van der Waals surface area (Å²) in [5.74, 6) is -0.239. The van der Waals surface area contributed by atoms with Crippen LogP contribution in [0.5, 0.6) is 0 Å². The molecule has 0 saturated carbocycles. The van der Waals surface area contributed by atoms with Crippen molar-refractivity contribution in [2.45, 2.75) is 13.0 Å². The fourth-order valence-corrected chi connectivity index (χ4v) is 2.58. The van der Waals surface area contributed by atoms with Crippen LogP contribution in [0.2, 0.25) is 0 Å². The zero-order chi connectivity index (χ0) is 17.1. The number of piperazine rings is 1. The number of anilines is 2. The van der Waals surface area contributed by atoms with Gasteiger partial charge < -0.3 is 9.80 Å². The van der Waals surface area contributed by atoms with Gasteiger partial charge in [-0.3, -0.25) is 4.79 Å². The summed E-state index contributed by atoms with van der Waals surface area (Å²) in [6.07, 6.45) is 1.16. The fourth-order valence-electron chi connectivity index (χ4n) is 2.58. The second-order valence-corrected chi connectivity index (χ2v) is 5.29. The van der Waals surface area contributed by atoms with Gasteiger partial charge in [0.15, 0.2) is 11.6 Å². The molecule has 0 amide bonds. The van der Waals surface area contributed by atoms with Gasteiger partial charge in [0.05, 0.1) is 18.1 Å². The molecule has 0 atom stereocenters. The molecule has 0 unspecified atom stereocenters. The minimum absolute atomic E-state index is 0.245. The lowest BCUT2D eigenvalue weighted by molar-refractivity contribution is 0.119. The summed E-state index contributed by atoms with van der Waals surface area (Å²) in [6, 6.07) is 1.29. The number of hydrogen-bond acceptors (Lipinski definition) is 6. The fraction of sp³-hybridized carbons (Fsp3) is 0.429. The summed E-state index contributed by atoms with van der Waals surface area (Å²) in [5.41, 5.74) is -0.00889. The third kappa shape index (κ3) is 3.47. The van der Waals surface area contributed by atoms with E-state index in [0.717, 1.165) is 10.9 Å². The van der Waals surface area contributed by atoms with Crippen LogP contribution in [0.15, 0.2) is 29.6 Å². The predicted octanol–water partition coefficient (Wildman–Crippen LogP) is 0.764. The number of nitrogens with zero attached hydrogens (tertiary/aromatic N) is 6. The second-order valence-electron chi connectivity index (χ2n) is 5.29. The van der Waals surface area contributed by atoms with Crippen LogP contribution >= 0.6 is 0 Å². The number of halogens is 3. The Morgan fingerprint density at radius 3 is 2.46 bits per heavy atom. The Balaban J connectivity index is 1.68. The van der Waals surface area contributed by atoms with Crippen LogP contribution in [0, 0.1) is 5.82 Å². The molecule has 3 rings (SSSR count). The van der Waals surface area contributed by atoms with Crippen LogP contribution in [-0.4, -0.2) is 52.4 Å². The molecule has 7 nitrogen and oxygen atoms in total. The molecule has 2 aromatic heterocycles. The summed E-state index contributed by atoms with van der Waals surface area (Å²) >= 11 is 0. The highest BCUT2D eigenvalue weighted by Crippen LogP contribution is 2.19. The zero-order valence-electron chi connectivity index (χ0n) is 12.6. The summed E-state index contributed by atoms with van der Waals surface area (Å²) in [6.45, 7) is 1.36. The van der Waals surface area contributed by atoms with Crippen molar-refractivity contribution >= 4 is 11.5 Å². The quantitative estimate of drug-likeness (QED) is 0.819. The normalized spacial score (nSPS) is 15.2. The molecule has 3 heterocycles. The minimum Gasteiger partial charge on any atom is -0.367 e. The van der Waals surface area contributed by atoms with Crippen LogP contribution in [-0.2, 0) is 6.54 Å². The topological polar surface area (TPSA) is 67.2 Å². The monoisotopic (exact) mass is 340 g/mol. The second kappa shape index (κ2) is 6.85. The minimum atomic E-state index is -2.63. The maximum absolute atomic E-state index is 13.7. The largest absolute Gasteiger partial charge is 0.367 e. The summed E-state index contributed by atoms with van der Waals surface area (Å²) in [7, 11) is 0. The Morgan fingerprint density at radius 1 is 1.12 bits per heavy atom. The smallest absolute Gasteiger partial charge is 0.269 e. The average molecular weight is 340 g/mol. The van der Waals surface area contributed by atoms with Crippen molar-refractivity contribution in [2.75, 3.05) is 36.0 Å². The van der Waals surface area contributed by atoms with Gasteiger partial charge in [-0.25, -0.2) is 27.8 Å². The van der Waals surface area contributed by atoms with Crippen LogP contribution in [0.3, 0.4) is 0 Å². The van der Waals surface area contributed by atoms with E-state index in [4.69, 9.17) is 0 Å². The van der Waals surface area contributed by atoms with Crippen molar-refractivity contribution in [3.05, 3.63) is 41.0 Å². The Bertz CT molecular complexity index is 760. The van der Waals surface area contributed by atoms with Crippen LogP contribution in [0.4, 0.5) is 24.7 Å². The van der Waals surface area contributed by atoms with E-state index in [-0.39, 0.29) is 5.82 Å². The van der Waals surface area contributed by atoms with Gasteiger partial charge in [0.25, 0.3) is 12.0 Å². The standard InChI is InChI=1S/C14H15F3N6O/c15-11-7-18-9-19-14(11)22-3-1-21(2-4-22)10-5-13(24)23(20-6-10)8-12(16)17/h5-7,9,12H,1-4,8H2. The van der Waals surface area contributed by atoms with Gasteiger partial charge in [-0.2, -0.15) is 5.10 Å². The summed E-state index contributed by atoms with van der Waals surface area (Å²) < 4.78 is 39.1. The molecule has 1 aliphatic rings. The SMILES string of the molecule is O=c1cc(N2CCN(c3ncncc3F)CC2)cnn1CC(F)F. The lowest BCUT2D eigenvalue weighted by Gasteiger charge is -2.36. The van der Waals surface area contributed by atoms with Crippen molar-refractivity contribution < 1.29 is 13.2 Å². The van der Waals surface area contributed by atoms with E-state index >= 15 is 0 Å². The van der Waals surface area contributed by atoms with Gasteiger partial charge >= 0.3 is 0 Å².